The molecule has 0 atom stereocenters. The van der Waals surface area contributed by atoms with Crippen molar-refractivity contribution in [1.82, 2.24) is 20.0 Å². The van der Waals surface area contributed by atoms with E-state index in [4.69, 9.17) is 9.15 Å². The maximum absolute atomic E-state index is 12.8. The lowest BCUT2D eigenvalue weighted by Crippen LogP contribution is -2.51. The molecule has 0 bridgehead atoms. The zero-order valence-corrected chi connectivity index (χ0v) is 18.8. The van der Waals surface area contributed by atoms with E-state index in [0.29, 0.717) is 19.0 Å². The predicted molar refractivity (Wildman–Crippen MR) is 128 cm³/mol. The molecule has 0 radical (unpaired) electrons. The van der Waals surface area contributed by atoms with E-state index in [1.807, 2.05) is 47.4 Å². The number of hydrogen-bond donors (Lipinski definition) is 0. The minimum Gasteiger partial charge on any atom is -0.439 e. The van der Waals surface area contributed by atoms with Gasteiger partial charge < -0.3 is 14.1 Å². The Labute approximate surface area is 198 Å². The number of ether oxygens (including phenoxy) is 1. The molecule has 1 fully saturated rings. The fraction of sp³-hybridized carbons (Fsp3) is 0.222. The molecule has 1 aliphatic heterocycles. The van der Waals surface area contributed by atoms with E-state index in [1.54, 1.807) is 0 Å². The van der Waals surface area contributed by atoms with Crippen LogP contribution in [0.15, 0.2) is 95.4 Å². The summed E-state index contributed by atoms with van der Waals surface area (Å²) in [7, 11) is 0. The molecule has 34 heavy (non-hydrogen) atoms. The first-order chi connectivity index (χ1) is 16.8. The van der Waals surface area contributed by atoms with Gasteiger partial charge in [0.05, 0.1) is 6.04 Å². The number of carbonyl (C=O) groups is 1. The highest BCUT2D eigenvalue weighted by atomic mass is 16.6. The van der Waals surface area contributed by atoms with Crippen LogP contribution >= 0.6 is 0 Å². The minimum atomic E-state index is -0.128. The van der Waals surface area contributed by atoms with Gasteiger partial charge in [-0.3, -0.25) is 9.69 Å². The van der Waals surface area contributed by atoms with Gasteiger partial charge in [-0.25, -0.2) is 0 Å². The first kappa shape index (κ1) is 21.9. The standard InChI is InChI=1S/C27H26N4O3/c32-24(20-33-27-29-28-26(34-27)23-14-8-3-9-15-23)30-16-18-31(19-17-30)25(21-10-4-1-5-11-21)22-12-6-2-7-13-22/h1-15,25H,16-20H2. The van der Waals surface area contributed by atoms with Crippen LogP contribution in [0, 0.1) is 0 Å². The first-order valence-electron chi connectivity index (χ1n) is 11.4. The molecule has 2 heterocycles. The Morgan fingerprint density at radius 1 is 0.794 bits per heavy atom. The summed E-state index contributed by atoms with van der Waals surface area (Å²) < 4.78 is 11.0. The molecule has 3 aromatic carbocycles. The third-order valence-electron chi connectivity index (χ3n) is 6.01. The third kappa shape index (κ3) is 5.00. The van der Waals surface area contributed by atoms with Crippen LogP contribution in [0.2, 0.25) is 0 Å². The Morgan fingerprint density at radius 3 is 1.94 bits per heavy atom. The SMILES string of the molecule is O=C(COc1nnc(-c2ccccc2)o1)N1CCN(C(c2ccccc2)c2ccccc2)CC1. The quantitative estimate of drug-likeness (QED) is 0.420. The Morgan fingerprint density at radius 2 is 1.35 bits per heavy atom. The molecule has 1 saturated heterocycles. The lowest BCUT2D eigenvalue weighted by molar-refractivity contribution is -0.135. The Hall–Kier alpha value is -3.97. The summed E-state index contributed by atoms with van der Waals surface area (Å²) in [6.45, 7) is 2.70. The smallest absolute Gasteiger partial charge is 0.415 e. The van der Waals surface area contributed by atoms with Gasteiger partial charge in [0.15, 0.2) is 6.61 Å². The van der Waals surface area contributed by atoms with E-state index in [0.717, 1.165) is 18.7 Å². The monoisotopic (exact) mass is 454 g/mol. The summed E-state index contributed by atoms with van der Waals surface area (Å²) in [5.41, 5.74) is 3.31. The normalized spacial score (nSPS) is 14.3. The van der Waals surface area contributed by atoms with Gasteiger partial charge in [-0.1, -0.05) is 84.0 Å². The van der Waals surface area contributed by atoms with Gasteiger partial charge in [0, 0.05) is 31.7 Å². The van der Waals surface area contributed by atoms with E-state index in [9.17, 15) is 4.79 Å². The maximum Gasteiger partial charge on any atom is 0.415 e. The van der Waals surface area contributed by atoms with Crippen LogP contribution in [0.4, 0.5) is 0 Å². The maximum atomic E-state index is 12.8. The van der Waals surface area contributed by atoms with E-state index >= 15 is 0 Å². The molecule has 1 amide bonds. The highest BCUT2D eigenvalue weighted by Gasteiger charge is 2.28. The summed E-state index contributed by atoms with van der Waals surface area (Å²) in [5.74, 6) is 0.277. The number of piperazine rings is 1. The molecule has 0 unspecified atom stereocenters. The fourth-order valence-electron chi connectivity index (χ4n) is 4.29. The molecule has 4 aromatic rings. The van der Waals surface area contributed by atoms with E-state index < -0.39 is 0 Å². The van der Waals surface area contributed by atoms with Gasteiger partial charge in [-0.2, -0.15) is 0 Å². The zero-order chi connectivity index (χ0) is 23.2. The molecule has 5 rings (SSSR count). The van der Waals surface area contributed by atoms with Crippen molar-refractivity contribution >= 4 is 5.91 Å². The minimum absolute atomic E-state index is 0.000872. The second-order valence-corrected chi connectivity index (χ2v) is 8.17. The Kier molecular flexibility index (Phi) is 6.63. The Balaban J connectivity index is 1.18. The topological polar surface area (TPSA) is 71.7 Å². The fourth-order valence-corrected chi connectivity index (χ4v) is 4.29. The number of aromatic nitrogens is 2. The highest BCUT2D eigenvalue weighted by molar-refractivity contribution is 5.77. The number of rotatable bonds is 7. The molecule has 0 aliphatic carbocycles. The molecule has 7 nitrogen and oxygen atoms in total. The van der Waals surface area contributed by atoms with Gasteiger partial charge in [0.1, 0.15) is 0 Å². The van der Waals surface area contributed by atoms with Gasteiger partial charge >= 0.3 is 6.08 Å². The number of hydrogen-bond acceptors (Lipinski definition) is 6. The highest BCUT2D eigenvalue weighted by Crippen LogP contribution is 2.29. The third-order valence-corrected chi connectivity index (χ3v) is 6.01. The van der Waals surface area contributed by atoms with Crippen LogP contribution in [0.1, 0.15) is 17.2 Å². The van der Waals surface area contributed by atoms with E-state index in [2.05, 4.69) is 63.6 Å². The summed E-state index contributed by atoms with van der Waals surface area (Å²) in [6, 6.07) is 30.6. The van der Waals surface area contributed by atoms with Crippen molar-refractivity contribution in [3.8, 4) is 17.5 Å². The van der Waals surface area contributed by atoms with Crippen LogP contribution in [-0.4, -0.2) is 58.7 Å². The van der Waals surface area contributed by atoms with Crippen molar-refractivity contribution in [3.63, 3.8) is 0 Å². The van der Waals surface area contributed by atoms with Crippen molar-refractivity contribution in [2.75, 3.05) is 32.8 Å². The van der Waals surface area contributed by atoms with Gasteiger partial charge in [0.2, 0.25) is 0 Å². The van der Waals surface area contributed by atoms with E-state index in [-0.39, 0.29) is 24.6 Å². The predicted octanol–water partition coefficient (Wildman–Crippen LogP) is 4.05. The molecule has 1 aliphatic rings. The molecule has 0 saturated carbocycles. The number of benzene rings is 3. The van der Waals surface area contributed by atoms with Gasteiger partial charge in [-0.05, 0) is 23.3 Å². The van der Waals surface area contributed by atoms with Crippen molar-refractivity contribution in [1.29, 1.82) is 0 Å². The van der Waals surface area contributed by atoms with Crippen molar-refractivity contribution < 1.29 is 13.9 Å². The van der Waals surface area contributed by atoms with Crippen molar-refractivity contribution in [3.05, 3.63) is 102 Å². The van der Waals surface area contributed by atoms with E-state index in [1.165, 1.54) is 11.1 Å². The Bertz CT molecular complexity index is 1150. The van der Waals surface area contributed by atoms with Crippen LogP contribution in [0.3, 0.4) is 0 Å². The number of nitrogens with zero attached hydrogens (tertiary/aromatic N) is 4. The van der Waals surface area contributed by atoms with Crippen molar-refractivity contribution in [2.45, 2.75) is 6.04 Å². The number of amides is 1. The molecule has 172 valence electrons. The molecular formula is C27H26N4O3. The van der Waals surface area contributed by atoms with Gasteiger partial charge in [-0.15, -0.1) is 5.10 Å². The summed E-state index contributed by atoms with van der Waals surface area (Å²) in [4.78, 5) is 17.0. The second kappa shape index (κ2) is 10.3. The largest absolute Gasteiger partial charge is 0.439 e. The average molecular weight is 455 g/mol. The molecule has 1 aromatic heterocycles. The summed E-state index contributed by atoms with van der Waals surface area (Å²) >= 11 is 0. The lowest BCUT2D eigenvalue weighted by Gasteiger charge is -2.39. The van der Waals surface area contributed by atoms with Crippen LogP contribution in [0.25, 0.3) is 11.5 Å². The van der Waals surface area contributed by atoms with Crippen LogP contribution in [-0.2, 0) is 4.79 Å². The summed E-state index contributed by atoms with van der Waals surface area (Å²) in [6.07, 6.45) is -0.000872. The molecular weight excluding hydrogens is 428 g/mol. The van der Waals surface area contributed by atoms with Crippen molar-refractivity contribution in [2.24, 2.45) is 0 Å². The van der Waals surface area contributed by atoms with Crippen LogP contribution < -0.4 is 4.74 Å². The zero-order valence-electron chi connectivity index (χ0n) is 18.8. The average Bonchev–Trinajstić information content (AvgIpc) is 3.39. The van der Waals surface area contributed by atoms with Crippen LogP contribution in [0.5, 0.6) is 6.08 Å². The molecule has 7 heteroatoms. The molecule has 0 N–H and O–H groups in total. The second-order valence-electron chi connectivity index (χ2n) is 8.17. The summed E-state index contributed by atoms with van der Waals surface area (Å²) in [5, 5.41) is 7.88. The van der Waals surface area contributed by atoms with Gasteiger partial charge in [0.25, 0.3) is 11.8 Å². The first-order valence-corrected chi connectivity index (χ1v) is 11.4. The lowest BCUT2D eigenvalue weighted by atomic mass is 9.96. The number of carbonyl (C=O) groups excluding carboxylic acids is 1. The molecule has 0 spiro atoms.